The molecular weight excluding hydrogens is 214 g/mol. The van der Waals surface area contributed by atoms with Crippen molar-refractivity contribution in [2.24, 2.45) is 5.10 Å². The third kappa shape index (κ3) is 2.93. The maximum atomic E-state index is 5.80. The number of likely N-dealkylation sites (N-methyl/N-ethyl adjacent to an activating group) is 1. The quantitative estimate of drug-likeness (QED) is 0.739. The van der Waals surface area contributed by atoms with Gasteiger partial charge in [-0.2, -0.15) is 0 Å². The van der Waals surface area contributed by atoms with Gasteiger partial charge >= 0.3 is 0 Å². The van der Waals surface area contributed by atoms with E-state index in [9.17, 15) is 0 Å². The first-order valence-electron chi connectivity index (χ1n) is 5.28. The first kappa shape index (κ1) is 10.9. The number of allylic oxidation sites excluding steroid dienone is 1. The van der Waals surface area contributed by atoms with Crippen molar-refractivity contribution in [1.29, 1.82) is 0 Å². The summed E-state index contributed by atoms with van der Waals surface area (Å²) in [6, 6.07) is 0.509. The third-order valence-corrected chi connectivity index (χ3v) is 3.03. The Bertz CT molecular complexity index is 280. The van der Waals surface area contributed by atoms with Crippen LogP contribution in [0.15, 0.2) is 17.4 Å². The summed E-state index contributed by atoms with van der Waals surface area (Å²) in [5.41, 5.74) is 0. The highest BCUT2D eigenvalue weighted by Crippen LogP contribution is 2.16. The summed E-state index contributed by atoms with van der Waals surface area (Å²) >= 11 is 5.80. The largest absolute Gasteiger partial charge is 0.301 e. The number of hydroxylamine groups is 1. The van der Waals surface area contributed by atoms with Crippen LogP contribution in [0.4, 0.5) is 0 Å². The third-order valence-electron chi connectivity index (χ3n) is 2.80. The van der Waals surface area contributed by atoms with Gasteiger partial charge in [-0.25, -0.2) is 0 Å². The second-order valence-electron chi connectivity index (χ2n) is 3.94. The Morgan fingerprint density at radius 1 is 1.67 bits per heavy atom. The fourth-order valence-electron chi connectivity index (χ4n) is 1.85. The molecule has 0 aromatic rings. The van der Waals surface area contributed by atoms with Crippen LogP contribution in [0.1, 0.15) is 19.3 Å². The van der Waals surface area contributed by atoms with Gasteiger partial charge in [0.05, 0.1) is 12.8 Å². The van der Waals surface area contributed by atoms with Crippen LogP contribution in [-0.2, 0) is 4.84 Å². The molecule has 0 bridgehead atoms. The highest BCUT2D eigenvalue weighted by Gasteiger charge is 2.21. The molecule has 0 amide bonds. The fourth-order valence-corrected chi connectivity index (χ4v) is 2.01. The molecule has 1 atom stereocenters. The lowest BCUT2D eigenvalue weighted by atomic mass is 10.2. The van der Waals surface area contributed by atoms with Crippen molar-refractivity contribution in [3.8, 4) is 0 Å². The van der Waals surface area contributed by atoms with E-state index in [1.165, 1.54) is 18.0 Å². The molecule has 4 nitrogen and oxygen atoms in total. The van der Waals surface area contributed by atoms with Gasteiger partial charge in [0.1, 0.15) is 5.17 Å². The molecule has 0 spiro atoms. The van der Waals surface area contributed by atoms with E-state index in [0.717, 1.165) is 6.54 Å². The summed E-state index contributed by atoms with van der Waals surface area (Å²) in [7, 11) is 2.13. The summed E-state index contributed by atoms with van der Waals surface area (Å²) in [6.45, 7) is 1.84. The first-order valence-corrected chi connectivity index (χ1v) is 5.65. The normalized spacial score (nSPS) is 27.2. The zero-order valence-electron chi connectivity index (χ0n) is 8.90. The predicted molar refractivity (Wildman–Crippen MR) is 60.5 cm³/mol. The van der Waals surface area contributed by atoms with Crippen LogP contribution in [0.25, 0.3) is 0 Å². The molecule has 84 valence electrons. The minimum absolute atomic E-state index is 0.509. The number of halogens is 1. The van der Waals surface area contributed by atoms with E-state index in [-0.39, 0.29) is 0 Å². The predicted octanol–water partition coefficient (Wildman–Crippen LogP) is 1.78. The Morgan fingerprint density at radius 3 is 3.20 bits per heavy atom. The smallest absolute Gasteiger partial charge is 0.133 e. The maximum absolute atomic E-state index is 5.80. The zero-order valence-corrected chi connectivity index (χ0v) is 9.65. The first-order chi connectivity index (χ1) is 7.25. The van der Waals surface area contributed by atoms with Gasteiger partial charge in [0.25, 0.3) is 0 Å². The van der Waals surface area contributed by atoms with Crippen molar-refractivity contribution < 1.29 is 4.84 Å². The number of nitrogens with zero attached hydrogens (tertiary/aromatic N) is 3. The molecule has 0 aromatic heterocycles. The van der Waals surface area contributed by atoms with Crippen molar-refractivity contribution >= 4 is 16.8 Å². The van der Waals surface area contributed by atoms with Gasteiger partial charge in [0.15, 0.2) is 0 Å². The van der Waals surface area contributed by atoms with E-state index in [2.05, 4.69) is 17.0 Å². The molecule has 2 heterocycles. The maximum Gasteiger partial charge on any atom is 0.133 e. The molecule has 0 aromatic carbocycles. The molecule has 1 saturated heterocycles. The van der Waals surface area contributed by atoms with E-state index in [4.69, 9.17) is 16.4 Å². The summed E-state index contributed by atoms with van der Waals surface area (Å²) < 4.78 is 0. The van der Waals surface area contributed by atoms with Crippen LogP contribution in [-0.4, -0.2) is 41.5 Å². The number of hydrogen-bond donors (Lipinski definition) is 0. The van der Waals surface area contributed by atoms with Gasteiger partial charge in [0, 0.05) is 12.5 Å². The van der Waals surface area contributed by atoms with E-state index >= 15 is 0 Å². The molecule has 5 heteroatoms. The van der Waals surface area contributed by atoms with E-state index in [1.54, 1.807) is 6.20 Å². The molecule has 1 fully saturated rings. The van der Waals surface area contributed by atoms with Crippen molar-refractivity contribution in [2.45, 2.75) is 25.3 Å². The van der Waals surface area contributed by atoms with Crippen LogP contribution < -0.4 is 0 Å². The average molecular weight is 230 g/mol. The SMILES string of the molecule is CN1CCC[C@H]1CON1C=CCC(Cl)=N1. The second-order valence-corrected chi connectivity index (χ2v) is 4.38. The standard InChI is InChI=1S/C10H16ClN3O/c1-13-6-2-4-9(13)8-15-14-7-3-5-10(11)12-14/h3,7,9H,2,4-6,8H2,1H3/t9-/m0/s1. The lowest BCUT2D eigenvalue weighted by Crippen LogP contribution is -2.32. The second kappa shape index (κ2) is 4.96. The molecular formula is C10H16ClN3O. The molecule has 0 N–H and O–H groups in total. The molecule has 2 rings (SSSR count). The topological polar surface area (TPSA) is 28.1 Å². The Balaban J connectivity index is 1.78. The van der Waals surface area contributed by atoms with Crippen molar-refractivity contribution in [3.05, 3.63) is 12.3 Å². The van der Waals surface area contributed by atoms with Crippen molar-refractivity contribution in [3.63, 3.8) is 0 Å². The Labute approximate surface area is 95.1 Å². The summed E-state index contributed by atoms with van der Waals surface area (Å²) in [6.07, 6.45) is 6.90. The zero-order chi connectivity index (χ0) is 10.7. The van der Waals surface area contributed by atoms with Gasteiger partial charge in [-0.15, -0.1) is 10.3 Å². The van der Waals surface area contributed by atoms with Gasteiger partial charge in [-0.3, -0.25) is 4.84 Å². The van der Waals surface area contributed by atoms with Crippen LogP contribution in [0.5, 0.6) is 0 Å². The highest BCUT2D eigenvalue weighted by molar-refractivity contribution is 6.65. The van der Waals surface area contributed by atoms with Crippen molar-refractivity contribution in [2.75, 3.05) is 20.2 Å². The lowest BCUT2D eigenvalue weighted by Gasteiger charge is -2.23. The Kier molecular flexibility index (Phi) is 3.61. The fraction of sp³-hybridized carbons (Fsp3) is 0.700. The van der Waals surface area contributed by atoms with E-state index in [1.807, 2.05) is 6.08 Å². The minimum atomic E-state index is 0.509. The molecule has 15 heavy (non-hydrogen) atoms. The minimum Gasteiger partial charge on any atom is -0.301 e. The molecule has 0 saturated carbocycles. The molecule has 2 aliphatic heterocycles. The Hall–Kier alpha value is -0.580. The highest BCUT2D eigenvalue weighted by atomic mass is 35.5. The van der Waals surface area contributed by atoms with Gasteiger partial charge < -0.3 is 4.90 Å². The summed E-state index contributed by atoms with van der Waals surface area (Å²) in [4.78, 5) is 7.86. The average Bonchev–Trinajstić information content (AvgIpc) is 2.61. The number of hydrazone groups is 1. The van der Waals surface area contributed by atoms with Crippen LogP contribution in [0.2, 0.25) is 0 Å². The van der Waals surface area contributed by atoms with Gasteiger partial charge in [-0.1, -0.05) is 17.7 Å². The van der Waals surface area contributed by atoms with Crippen molar-refractivity contribution in [1.82, 2.24) is 10.1 Å². The lowest BCUT2D eigenvalue weighted by molar-refractivity contribution is -0.133. The number of hydrogen-bond acceptors (Lipinski definition) is 4. The monoisotopic (exact) mass is 229 g/mol. The summed E-state index contributed by atoms with van der Waals surface area (Å²) in [5.74, 6) is 0. The van der Waals surface area contributed by atoms with Crippen LogP contribution in [0.3, 0.4) is 0 Å². The van der Waals surface area contributed by atoms with Crippen LogP contribution in [0, 0.1) is 0 Å². The van der Waals surface area contributed by atoms with Gasteiger partial charge in [-0.05, 0) is 26.4 Å². The number of likely N-dealkylation sites (tertiary alicyclic amines) is 1. The molecule has 0 radical (unpaired) electrons. The molecule has 0 unspecified atom stereocenters. The summed E-state index contributed by atoms with van der Waals surface area (Å²) in [5, 5.41) is 6.08. The van der Waals surface area contributed by atoms with Gasteiger partial charge in [0.2, 0.25) is 0 Å². The van der Waals surface area contributed by atoms with E-state index in [0.29, 0.717) is 24.2 Å². The Morgan fingerprint density at radius 2 is 2.53 bits per heavy atom. The number of rotatable bonds is 3. The molecule has 2 aliphatic rings. The molecule has 0 aliphatic carbocycles. The van der Waals surface area contributed by atoms with E-state index < -0.39 is 0 Å². The van der Waals surface area contributed by atoms with Crippen LogP contribution >= 0.6 is 11.6 Å².